The lowest BCUT2D eigenvalue weighted by atomic mass is 10.3. The van der Waals surface area contributed by atoms with Gasteiger partial charge in [-0.2, -0.15) is 5.10 Å². The van der Waals surface area contributed by atoms with Crippen molar-refractivity contribution in [1.82, 2.24) is 14.8 Å². The zero-order valence-corrected chi connectivity index (χ0v) is 11.5. The first-order valence-corrected chi connectivity index (χ1v) is 6.34. The number of nitrogens with zero attached hydrogens (tertiary/aromatic N) is 3. The third kappa shape index (κ3) is 3.06. The first kappa shape index (κ1) is 12.1. The molecule has 2 aromatic rings. The van der Waals surface area contributed by atoms with Gasteiger partial charge in [0.1, 0.15) is 12.2 Å². The van der Waals surface area contributed by atoms with E-state index in [1.165, 1.54) is 0 Å². The Hall–Kier alpha value is -1.36. The second kappa shape index (κ2) is 5.31. The summed E-state index contributed by atoms with van der Waals surface area (Å²) in [6.45, 7) is 4.86. The summed E-state index contributed by atoms with van der Waals surface area (Å²) in [6.07, 6.45) is 1.60. The van der Waals surface area contributed by atoms with Gasteiger partial charge in [-0.25, -0.2) is 9.67 Å². The van der Waals surface area contributed by atoms with Gasteiger partial charge in [0, 0.05) is 16.2 Å². The molecule has 0 saturated carbocycles. The summed E-state index contributed by atoms with van der Waals surface area (Å²) in [6, 6.07) is 8.40. The van der Waals surface area contributed by atoms with Crippen molar-refractivity contribution < 1.29 is 0 Å². The van der Waals surface area contributed by atoms with Gasteiger partial charge in [-0.15, -0.1) is 0 Å². The quantitative estimate of drug-likeness (QED) is 0.941. The Balaban J connectivity index is 2.05. The van der Waals surface area contributed by atoms with E-state index in [0.717, 1.165) is 16.0 Å². The van der Waals surface area contributed by atoms with Gasteiger partial charge in [0.05, 0.1) is 6.54 Å². The predicted octanol–water partition coefficient (Wildman–Crippen LogP) is 3.23. The van der Waals surface area contributed by atoms with Gasteiger partial charge in [0.25, 0.3) is 0 Å². The van der Waals surface area contributed by atoms with E-state index in [-0.39, 0.29) is 0 Å². The van der Waals surface area contributed by atoms with Gasteiger partial charge in [0.2, 0.25) is 0 Å². The molecule has 0 radical (unpaired) electrons. The van der Waals surface area contributed by atoms with Crippen molar-refractivity contribution in [3.05, 3.63) is 40.9 Å². The Kier molecular flexibility index (Phi) is 3.78. The van der Waals surface area contributed by atoms with Gasteiger partial charge in [-0.3, -0.25) is 0 Å². The third-order valence-corrected chi connectivity index (χ3v) is 2.90. The van der Waals surface area contributed by atoms with Gasteiger partial charge in [0.15, 0.2) is 0 Å². The molecule has 1 aromatic heterocycles. The van der Waals surface area contributed by atoms with Gasteiger partial charge < -0.3 is 5.32 Å². The van der Waals surface area contributed by atoms with E-state index in [2.05, 4.69) is 45.2 Å². The van der Waals surface area contributed by atoms with Crippen molar-refractivity contribution in [1.29, 1.82) is 0 Å². The Morgan fingerprint density at radius 2 is 2.24 bits per heavy atom. The van der Waals surface area contributed by atoms with Gasteiger partial charge in [-0.1, -0.05) is 22.0 Å². The second-order valence-corrected chi connectivity index (χ2v) is 4.99. The minimum absolute atomic E-state index is 0.330. The zero-order valence-electron chi connectivity index (χ0n) is 9.89. The minimum atomic E-state index is 0.330. The first-order chi connectivity index (χ1) is 8.16. The van der Waals surface area contributed by atoms with Crippen LogP contribution in [0.3, 0.4) is 0 Å². The smallest absolute Gasteiger partial charge is 0.146 e. The van der Waals surface area contributed by atoms with Crippen LogP contribution >= 0.6 is 15.9 Å². The topological polar surface area (TPSA) is 42.7 Å². The van der Waals surface area contributed by atoms with Crippen molar-refractivity contribution in [3.63, 3.8) is 0 Å². The fraction of sp³-hybridized carbons (Fsp3) is 0.333. The highest BCUT2D eigenvalue weighted by Gasteiger charge is 2.06. The lowest BCUT2D eigenvalue weighted by molar-refractivity contribution is 0.509. The van der Waals surface area contributed by atoms with Crippen LogP contribution in [-0.4, -0.2) is 14.8 Å². The fourth-order valence-corrected chi connectivity index (χ4v) is 2.01. The van der Waals surface area contributed by atoms with Gasteiger partial charge in [-0.05, 0) is 32.0 Å². The summed E-state index contributed by atoms with van der Waals surface area (Å²) < 4.78 is 2.98. The molecular formula is C12H15BrN4. The molecule has 1 N–H and O–H groups in total. The maximum atomic E-state index is 4.25. The average molecular weight is 295 g/mol. The molecule has 0 aliphatic rings. The lowest BCUT2D eigenvalue weighted by Crippen LogP contribution is -2.11. The van der Waals surface area contributed by atoms with Crippen molar-refractivity contribution >= 4 is 21.6 Å². The number of nitrogens with one attached hydrogen (secondary N) is 1. The van der Waals surface area contributed by atoms with Crippen molar-refractivity contribution in [2.24, 2.45) is 0 Å². The molecule has 1 heterocycles. The lowest BCUT2D eigenvalue weighted by Gasteiger charge is -2.10. The molecular weight excluding hydrogens is 280 g/mol. The van der Waals surface area contributed by atoms with Crippen LogP contribution in [0.4, 0.5) is 5.69 Å². The molecule has 2 rings (SSSR count). The molecule has 5 heteroatoms. The molecule has 0 unspecified atom stereocenters. The third-order valence-electron chi connectivity index (χ3n) is 2.41. The number of hydrogen-bond donors (Lipinski definition) is 1. The summed E-state index contributed by atoms with van der Waals surface area (Å²) in [5.74, 6) is 0.944. The summed E-state index contributed by atoms with van der Waals surface area (Å²) in [5.41, 5.74) is 1.07. The van der Waals surface area contributed by atoms with Crippen LogP contribution in [0, 0.1) is 0 Å². The Bertz CT molecular complexity index is 493. The molecule has 17 heavy (non-hydrogen) atoms. The Morgan fingerprint density at radius 1 is 1.41 bits per heavy atom. The summed E-state index contributed by atoms with van der Waals surface area (Å²) in [4.78, 5) is 4.25. The molecule has 0 atom stereocenters. The maximum Gasteiger partial charge on any atom is 0.146 e. The first-order valence-electron chi connectivity index (χ1n) is 5.54. The Labute approximate surface area is 109 Å². The molecule has 1 aromatic carbocycles. The normalized spacial score (nSPS) is 10.8. The van der Waals surface area contributed by atoms with E-state index in [1.807, 2.05) is 28.9 Å². The molecule has 0 spiro atoms. The van der Waals surface area contributed by atoms with E-state index in [0.29, 0.717) is 12.6 Å². The van der Waals surface area contributed by atoms with Crippen LogP contribution < -0.4 is 5.32 Å². The fourth-order valence-electron chi connectivity index (χ4n) is 1.61. The van der Waals surface area contributed by atoms with E-state index < -0.39 is 0 Å². The highest BCUT2D eigenvalue weighted by molar-refractivity contribution is 9.10. The monoisotopic (exact) mass is 294 g/mol. The standard InChI is InChI=1S/C12H15BrN4/c1-9(2)17-12(15-8-16-17)7-14-11-5-3-4-10(13)6-11/h3-6,8-9,14H,7H2,1-2H3. The molecule has 0 aliphatic carbocycles. The van der Waals surface area contributed by atoms with Gasteiger partial charge >= 0.3 is 0 Å². The SMILES string of the molecule is CC(C)n1ncnc1CNc1cccc(Br)c1. The number of benzene rings is 1. The molecule has 90 valence electrons. The maximum absolute atomic E-state index is 4.25. The number of aromatic nitrogens is 3. The second-order valence-electron chi connectivity index (χ2n) is 4.08. The highest BCUT2D eigenvalue weighted by Crippen LogP contribution is 2.16. The number of halogens is 1. The largest absolute Gasteiger partial charge is 0.378 e. The number of rotatable bonds is 4. The van der Waals surface area contributed by atoms with E-state index in [4.69, 9.17) is 0 Å². The van der Waals surface area contributed by atoms with Crippen LogP contribution in [0.2, 0.25) is 0 Å². The van der Waals surface area contributed by atoms with E-state index in [1.54, 1.807) is 6.33 Å². The molecule has 4 nitrogen and oxygen atoms in total. The van der Waals surface area contributed by atoms with Crippen LogP contribution in [0.1, 0.15) is 25.7 Å². The van der Waals surface area contributed by atoms with Crippen molar-refractivity contribution in [2.45, 2.75) is 26.4 Å². The van der Waals surface area contributed by atoms with Crippen molar-refractivity contribution in [2.75, 3.05) is 5.32 Å². The molecule has 0 amide bonds. The molecule has 0 aliphatic heterocycles. The van der Waals surface area contributed by atoms with E-state index >= 15 is 0 Å². The molecule has 0 fully saturated rings. The Morgan fingerprint density at radius 3 is 2.94 bits per heavy atom. The van der Waals surface area contributed by atoms with Crippen molar-refractivity contribution in [3.8, 4) is 0 Å². The summed E-state index contributed by atoms with van der Waals surface area (Å²) in [7, 11) is 0. The van der Waals surface area contributed by atoms with E-state index in [9.17, 15) is 0 Å². The summed E-state index contributed by atoms with van der Waals surface area (Å²) >= 11 is 3.45. The number of anilines is 1. The highest BCUT2D eigenvalue weighted by atomic mass is 79.9. The minimum Gasteiger partial charge on any atom is -0.378 e. The van der Waals surface area contributed by atoms with Crippen LogP contribution in [-0.2, 0) is 6.54 Å². The van der Waals surface area contributed by atoms with Crippen LogP contribution in [0.5, 0.6) is 0 Å². The van der Waals surface area contributed by atoms with Crippen LogP contribution in [0.25, 0.3) is 0 Å². The van der Waals surface area contributed by atoms with Crippen LogP contribution in [0.15, 0.2) is 35.1 Å². The molecule has 0 saturated heterocycles. The zero-order chi connectivity index (χ0) is 12.3. The predicted molar refractivity (Wildman–Crippen MR) is 71.9 cm³/mol. The average Bonchev–Trinajstić information content (AvgIpc) is 2.74. The molecule has 0 bridgehead atoms. The summed E-state index contributed by atoms with van der Waals surface area (Å²) in [5, 5.41) is 7.53. The number of hydrogen-bond acceptors (Lipinski definition) is 3.